The van der Waals surface area contributed by atoms with Gasteiger partial charge < -0.3 is 17.7 Å². The quantitative estimate of drug-likeness (QED) is 0.149. The fraction of sp³-hybridized carbons (Fsp3) is 0.183. The van der Waals surface area contributed by atoms with Gasteiger partial charge in [0.15, 0.2) is 31.0 Å². The minimum atomic E-state index is -2.24. The lowest BCUT2D eigenvalue weighted by Gasteiger charge is -2.12. The molecule has 9 heteroatoms. The summed E-state index contributed by atoms with van der Waals surface area (Å²) in [4.78, 5) is 0. The van der Waals surface area contributed by atoms with Crippen LogP contribution in [0.3, 0.4) is 0 Å². The molecule has 19 aromatic rings. The summed E-state index contributed by atoms with van der Waals surface area (Å²) in [6.07, 6.45) is 10.2. The summed E-state index contributed by atoms with van der Waals surface area (Å²) < 4.78 is 82.4. The van der Waals surface area contributed by atoms with Crippen LogP contribution in [-0.4, -0.2) is 0 Å². The third kappa shape index (κ3) is 14.7. The zero-order valence-electron chi connectivity index (χ0n) is 73.4. The van der Waals surface area contributed by atoms with Crippen molar-refractivity contribution in [3.63, 3.8) is 0 Å². The van der Waals surface area contributed by atoms with Crippen LogP contribution >= 0.6 is 0 Å². The second-order valence-electron chi connectivity index (χ2n) is 30.5. The predicted molar refractivity (Wildman–Crippen MR) is 466 cm³/mol. The lowest BCUT2D eigenvalue weighted by atomic mass is 9.93. The van der Waals surface area contributed by atoms with Crippen LogP contribution in [0.15, 0.2) is 291 Å². The Labute approximate surface area is 671 Å². The fourth-order valence-electron chi connectivity index (χ4n) is 15.8. The largest absolute Gasteiger partial charge is 0.455 e. The van der Waals surface area contributed by atoms with E-state index in [4.69, 9.17) is 25.9 Å². The minimum Gasteiger partial charge on any atom is -0.455 e. The maximum atomic E-state index is 7.97. The number of hydrogen-bond acceptors (Lipinski definition) is 4. The Morgan fingerprint density at radius 2 is 0.655 bits per heavy atom. The Morgan fingerprint density at radius 1 is 0.265 bits per heavy atom. The van der Waals surface area contributed by atoms with E-state index < -0.39 is 13.7 Å². The Kier molecular flexibility index (Phi) is 19.0. The van der Waals surface area contributed by atoms with Gasteiger partial charge in [0.05, 0.1) is 22.3 Å². The van der Waals surface area contributed by atoms with Gasteiger partial charge >= 0.3 is 0 Å². The molecule has 0 aliphatic rings. The zero-order chi connectivity index (χ0) is 84.2. The van der Waals surface area contributed by atoms with Crippen molar-refractivity contribution in [2.24, 2.45) is 35.2 Å². The highest BCUT2D eigenvalue weighted by molar-refractivity contribution is 6.13. The van der Waals surface area contributed by atoms with Crippen molar-refractivity contribution in [2.75, 3.05) is 0 Å². The fourth-order valence-corrected chi connectivity index (χ4v) is 15.8. The predicted octanol–water partition coefficient (Wildman–Crippen LogP) is 24.7. The van der Waals surface area contributed by atoms with E-state index in [1.54, 1.807) is 23.8 Å². The Hall–Kier alpha value is -12.9. The lowest BCUT2D eigenvalue weighted by molar-refractivity contribution is -0.660. The van der Waals surface area contributed by atoms with Crippen LogP contribution in [0, 0.1) is 76.0 Å². The second-order valence-corrected chi connectivity index (χ2v) is 30.5. The number of benzene rings is 10. The number of aryl methyl sites for hydroxylation is 16. The van der Waals surface area contributed by atoms with Crippen LogP contribution in [0.2, 0.25) is 0 Å². The standard InChI is InChI=1S/C22H22NO.C22H24N.C21H20NO.C20H18NO.C19H16NO/c1-14(2)16-11-12-23(4)19(13-16)21-15(3)9-10-18-17-7-5-6-8-20(17)24-22(18)21;1-15-12-22(23(5)14-18(15)4)21-13-20(16(2)11-17(21)3)19-9-7-6-8-10-19;1-13-9-10-17-16-7-5-6-8-19(16)23-21(17)20(13)18-11-14(2)15(3)12-22(18)4;1-13-8-11-17(21(3)12-13)19-14(2)9-10-16-15-6-4-5-7-18(15)22-20(16)19;1-13-10-11-15-14-7-3-4-9-17(14)21-19(15)18(13)16-8-5-6-12-20(16)2/h5-14H,1-4H3;6-14H,1-5H3;5-12H,1-4H3;4-12H,1-3H3;3-12H,1-2H3/q5*+1/i;2D3,4D3;;;. The van der Waals surface area contributed by atoms with E-state index in [1.165, 1.54) is 133 Å². The summed E-state index contributed by atoms with van der Waals surface area (Å²) in [5.74, 6) is 0.500. The van der Waals surface area contributed by atoms with Crippen molar-refractivity contribution in [1.82, 2.24) is 0 Å². The van der Waals surface area contributed by atoms with Gasteiger partial charge in [0, 0.05) is 116 Å². The molecule has 0 fully saturated rings. The average molecular weight is 1490 g/mol. The Morgan fingerprint density at radius 3 is 1.12 bits per heavy atom. The first-order valence-corrected chi connectivity index (χ1v) is 38.7. The Bertz CT molecular complexity index is 7120. The third-order valence-electron chi connectivity index (χ3n) is 22.2. The minimum absolute atomic E-state index is 0.309. The van der Waals surface area contributed by atoms with Gasteiger partial charge in [-0.1, -0.05) is 172 Å². The molecule has 0 spiro atoms. The molecule has 9 heterocycles. The SMILES string of the molecule is Cc1cc(-c2c(C)ccc3c2oc2ccccc23)[n+](C)cc1C.Cc1ccc(-c2c(C)ccc3c2oc2ccccc23)[n+](C)c1.Cc1ccc2c(oc3ccccc32)c1-c1cc(C(C)C)cc[n+]1C.Cc1ccc2c(oc3ccccc32)c1-c1cccc[n+]1C.[2H]C([2H])([2H])c1c[n+](C)c(-c2cc(-c3ccccc3)c(C([2H])([2H])[2H])cc2C)cc1C. The van der Waals surface area contributed by atoms with Crippen molar-refractivity contribution in [2.45, 2.75) is 95.8 Å². The van der Waals surface area contributed by atoms with Gasteiger partial charge in [-0.15, -0.1) is 0 Å². The molecule has 0 atom stereocenters. The number of hydrogen-bond donors (Lipinski definition) is 0. The summed E-state index contributed by atoms with van der Waals surface area (Å²) in [6, 6.07) is 82.6. The number of furan rings is 4. The van der Waals surface area contributed by atoms with Gasteiger partial charge in [-0.05, 0) is 186 Å². The molecule has 113 heavy (non-hydrogen) atoms. The van der Waals surface area contributed by atoms with Gasteiger partial charge in [-0.25, -0.2) is 22.8 Å². The molecule has 0 unspecified atom stereocenters. The molecule has 9 nitrogen and oxygen atoms in total. The number of pyridine rings is 5. The first-order chi connectivity index (χ1) is 56.9. The van der Waals surface area contributed by atoms with E-state index in [0.29, 0.717) is 28.2 Å². The highest BCUT2D eigenvalue weighted by Crippen LogP contribution is 2.42. The molecule has 0 radical (unpaired) electrons. The van der Waals surface area contributed by atoms with E-state index in [-0.39, 0.29) is 0 Å². The first-order valence-electron chi connectivity index (χ1n) is 41.7. The lowest BCUT2D eigenvalue weighted by Crippen LogP contribution is -2.31. The third-order valence-corrected chi connectivity index (χ3v) is 22.2. The van der Waals surface area contributed by atoms with Gasteiger partial charge in [0.2, 0.25) is 28.5 Å². The number of nitrogens with zero attached hydrogens (tertiary/aromatic N) is 5. The summed E-state index contributed by atoms with van der Waals surface area (Å²) >= 11 is 0. The van der Waals surface area contributed by atoms with E-state index in [1.807, 2.05) is 111 Å². The molecular weight excluding hydrogens is 1380 g/mol. The van der Waals surface area contributed by atoms with Crippen LogP contribution in [0.4, 0.5) is 0 Å². The maximum Gasteiger partial charge on any atom is 0.216 e. The van der Waals surface area contributed by atoms with Crippen molar-refractivity contribution < 1.29 is 48.7 Å². The van der Waals surface area contributed by atoms with E-state index >= 15 is 0 Å². The van der Waals surface area contributed by atoms with Crippen LogP contribution in [0.1, 0.15) is 94.8 Å². The smallest absolute Gasteiger partial charge is 0.216 e. The molecule has 19 rings (SSSR count). The molecule has 560 valence electrons. The summed E-state index contributed by atoms with van der Waals surface area (Å²) in [7, 11) is 10.2. The number of aromatic nitrogens is 5. The van der Waals surface area contributed by atoms with E-state index in [9.17, 15) is 0 Å². The van der Waals surface area contributed by atoms with Crippen molar-refractivity contribution >= 4 is 87.8 Å². The highest BCUT2D eigenvalue weighted by atomic mass is 16.3. The van der Waals surface area contributed by atoms with Crippen molar-refractivity contribution in [3.8, 4) is 67.4 Å². The first kappa shape index (κ1) is 68.2. The van der Waals surface area contributed by atoms with Gasteiger partial charge in [0.25, 0.3) is 0 Å². The molecule has 10 aromatic carbocycles. The molecular formula is C104H100N5O4+5. The van der Waals surface area contributed by atoms with Crippen molar-refractivity contribution in [1.29, 1.82) is 0 Å². The average Bonchev–Trinajstić information content (AvgIpc) is 1.66. The molecule has 0 bridgehead atoms. The topological polar surface area (TPSA) is 72.0 Å². The van der Waals surface area contributed by atoms with Crippen LogP contribution < -0.4 is 22.8 Å². The normalized spacial score (nSPS) is 12.4. The number of para-hydroxylation sites is 4. The van der Waals surface area contributed by atoms with Crippen LogP contribution in [0.5, 0.6) is 0 Å². The summed E-state index contributed by atoms with van der Waals surface area (Å²) in [6.45, 7) is 18.7. The maximum absolute atomic E-state index is 7.97. The van der Waals surface area contributed by atoms with Gasteiger partial charge in [0.1, 0.15) is 79.9 Å². The van der Waals surface area contributed by atoms with Crippen molar-refractivity contribution in [3.05, 3.63) is 340 Å². The van der Waals surface area contributed by atoms with Crippen LogP contribution in [-0.2, 0) is 35.2 Å². The molecule has 0 N–H and O–H groups in total. The molecule has 0 aliphatic heterocycles. The summed E-state index contributed by atoms with van der Waals surface area (Å²) in [5, 5.41) is 9.42. The van der Waals surface area contributed by atoms with Gasteiger partial charge in [-0.3, -0.25) is 0 Å². The second kappa shape index (κ2) is 31.5. The molecule has 0 aliphatic carbocycles. The number of fused-ring (bicyclic) bond motifs is 12. The zero-order valence-corrected chi connectivity index (χ0v) is 67.4. The Balaban J connectivity index is 0.000000117. The van der Waals surface area contributed by atoms with E-state index in [0.717, 1.165) is 67.0 Å². The van der Waals surface area contributed by atoms with E-state index in [2.05, 4.69) is 273 Å². The molecule has 0 amide bonds. The highest BCUT2D eigenvalue weighted by Gasteiger charge is 2.27. The molecule has 9 aromatic heterocycles. The van der Waals surface area contributed by atoms with Crippen LogP contribution in [0.25, 0.3) is 155 Å². The van der Waals surface area contributed by atoms with Gasteiger partial charge in [-0.2, -0.15) is 0 Å². The summed E-state index contributed by atoms with van der Waals surface area (Å²) in [5.41, 5.74) is 32.6. The molecule has 0 saturated heterocycles. The number of rotatable bonds is 7. The molecule has 0 saturated carbocycles. The monoisotopic (exact) mass is 1490 g/mol.